The van der Waals surface area contributed by atoms with Crippen LogP contribution in [0.2, 0.25) is 0 Å². The first-order chi connectivity index (χ1) is 10.3. The van der Waals surface area contributed by atoms with Crippen LogP contribution in [0.5, 0.6) is 5.75 Å². The molecule has 118 valence electrons. The Morgan fingerprint density at radius 1 is 1.19 bits per heavy atom. The Morgan fingerprint density at radius 2 is 2.00 bits per heavy atom. The van der Waals surface area contributed by atoms with Crippen LogP contribution in [-0.2, 0) is 9.53 Å². The van der Waals surface area contributed by atoms with Gasteiger partial charge >= 0.3 is 0 Å². The van der Waals surface area contributed by atoms with E-state index in [2.05, 4.69) is 17.6 Å². The van der Waals surface area contributed by atoms with Gasteiger partial charge in [0, 0.05) is 13.2 Å². The minimum absolute atomic E-state index is 0.00688. The third-order valence-corrected chi connectivity index (χ3v) is 2.87. The first-order valence-corrected chi connectivity index (χ1v) is 7.58. The van der Waals surface area contributed by atoms with Crippen molar-refractivity contribution in [1.82, 2.24) is 5.32 Å². The average Bonchev–Trinajstić information content (AvgIpc) is 2.51. The Kier molecular flexibility index (Phi) is 9.04. The fourth-order valence-corrected chi connectivity index (χ4v) is 1.74. The van der Waals surface area contributed by atoms with Crippen molar-refractivity contribution in [2.75, 3.05) is 38.2 Å². The van der Waals surface area contributed by atoms with Gasteiger partial charge in [0.25, 0.3) is 0 Å². The van der Waals surface area contributed by atoms with E-state index in [1.807, 2.05) is 31.2 Å². The zero-order chi connectivity index (χ0) is 15.3. The number of anilines is 1. The predicted molar refractivity (Wildman–Crippen MR) is 84.8 cm³/mol. The second kappa shape index (κ2) is 11.0. The smallest absolute Gasteiger partial charge is 0.239 e. The van der Waals surface area contributed by atoms with E-state index in [0.717, 1.165) is 30.8 Å². The number of hydrogen-bond donors (Lipinski definition) is 2. The minimum Gasteiger partial charge on any atom is -0.489 e. The summed E-state index contributed by atoms with van der Waals surface area (Å²) in [6.07, 6.45) is 2.08. The van der Waals surface area contributed by atoms with Crippen molar-refractivity contribution in [3.63, 3.8) is 0 Å². The third-order valence-electron chi connectivity index (χ3n) is 2.87. The molecular formula is C16H26N2O3. The molecule has 1 aromatic rings. The van der Waals surface area contributed by atoms with Crippen molar-refractivity contribution in [3.05, 3.63) is 24.3 Å². The number of para-hydroxylation sites is 2. The number of benzene rings is 1. The van der Waals surface area contributed by atoms with Crippen LogP contribution in [0.15, 0.2) is 24.3 Å². The molecule has 0 radical (unpaired) electrons. The zero-order valence-corrected chi connectivity index (χ0v) is 13.0. The van der Waals surface area contributed by atoms with Crippen LogP contribution in [0.1, 0.15) is 26.7 Å². The summed E-state index contributed by atoms with van der Waals surface area (Å²) in [7, 11) is 0. The lowest BCUT2D eigenvalue weighted by Gasteiger charge is -2.13. The quantitative estimate of drug-likeness (QED) is 0.615. The van der Waals surface area contributed by atoms with Gasteiger partial charge in [-0.2, -0.15) is 0 Å². The summed E-state index contributed by atoms with van der Waals surface area (Å²) in [5.41, 5.74) is 0.819. The van der Waals surface area contributed by atoms with Crippen molar-refractivity contribution in [2.24, 2.45) is 0 Å². The first kappa shape index (κ1) is 17.3. The van der Waals surface area contributed by atoms with Gasteiger partial charge in [-0.15, -0.1) is 0 Å². The summed E-state index contributed by atoms with van der Waals surface area (Å²) in [5, 5.41) is 5.97. The maximum absolute atomic E-state index is 11.7. The van der Waals surface area contributed by atoms with Crippen LogP contribution in [0, 0.1) is 0 Å². The highest BCUT2D eigenvalue weighted by Gasteiger charge is 2.05. The number of amides is 1. The fourth-order valence-electron chi connectivity index (χ4n) is 1.74. The van der Waals surface area contributed by atoms with Gasteiger partial charge < -0.3 is 20.1 Å². The van der Waals surface area contributed by atoms with Gasteiger partial charge in [-0.05, 0) is 25.5 Å². The Balaban J connectivity index is 2.38. The molecule has 5 nitrogen and oxygen atoms in total. The lowest BCUT2D eigenvalue weighted by molar-refractivity contribution is -0.119. The Bertz CT molecular complexity index is 410. The van der Waals surface area contributed by atoms with Gasteiger partial charge in [0.05, 0.1) is 18.8 Å². The summed E-state index contributed by atoms with van der Waals surface area (Å²) in [5.74, 6) is 0.728. The molecule has 0 aromatic heterocycles. The summed E-state index contributed by atoms with van der Waals surface area (Å²) in [6.45, 7) is 6.75. The van der Waals surface area contributed by atoms with E-state index in [1.54, 1.807) is 0 Å². The molecule has 5 heteroatoms. The summed E-state index contributed by atoms with van der Waals surface area (Å²) in [4.78, 5) is 11.7. The number of nitrogens with one attached hydrogen (secondary N) is 2. The summed E-state index contributed by atoms with van der Waals surface area (Å²) < 4.78 is 10.9. The largest absolute Gasteiger partial charge is 0.489 e. The molecule has 0 saturated heterocycles. The predicted octanol–water partition coefficient (Wildman–Crippen LogP) is 2.43. The number of carbonyl (C=O) groups excluding carboxylic acids is 1. The summed E-state index contributed by atoms with van der Waals surface area (Å²) >= 11 is 0. The zero-order valence-electron chi connectivity index (χ0n) is 13.0. The number of rotatable bonds is 11. The van der Waals surface area contributed by atoms with Crippen molar-refractivity contribution in [3.8, 4) is 5.75 Å². The monoisotopic (exact) mass is 294 g/mol. The van der Waals surface area contributed by atoms with E-state index in [-0.39, 0.29) is 12.5 Å². The molecule has 21 heavy (non-hydrogen) atoms. The van der Waals surface area contributed by atoms with Crippen LogP contribution in [0.4, 0.5) is 5.69 Å². The maximum atomic E-state index is 11.7. The molecule has 0 saturated carbocycles. The second-order valence-corrected chi connectivity index (χ2v) is 4.60. The van der Waals surface area contributed by atoms with Gasteiger partial charge in [0.1, 0.15) is 12.4 Å². The van der Waals surface area contributed by atoms with E-state index in [0.29, 0.717) is 19.8 Å². The number of hydrogen-bond acceptors (Lipinski definition) is 4. The molecule has 0 spiro atoms. The standard InChI is InChI=1S/C16H26N2O3/c1-3-5-10-17-16(19)13-18-14-8-6-7-9-15(14)21-12-11-20-4-2/h6-9,18H,3-5,10-13H2,1-2H3,(H,17,19). The van der Waals surface area contributed by atoms with Crippen LogP contribution >= 0.6 is 0 Å². The molecule has 0 heterocycles. The Morgan fingerprint density at radius 3 is 2.76 bits per heavy atom. The SMILES string of the molecule is CCCCNC(=O)CNc1ccccc1OCCOCC. The third kappa shape index (κ3) is 7.56. The highest BCUT2D eigenvalue weighted by molar-refractivity contribution is 5.81. The van der Waals surface area contributed by atoms with E-state index in [4.69, 9.17) is 9.47 Å². The van der Waals surface area contributed by atoms with Crippen molar-refractivity contribution in [2.45, 2.75) is 26.7 Å². The van der Waals surface area contributed by atoms with Crippen molar-refractivity contribution < 1.29 is 14.3 Å². The molecule has 0 unspecified atom stereocenters. The number of ether oxygens (including phenoxy) is 2. The first-order valence-electron chi connectivity index (χ1n) is 7.58. The van der Waals surface area contributed by atoms with Gasteiger partial charge in [-0.25, -0.2) is 0 Å². The minimum atomic E-state index is -0.00688. The van der Waals surface area contributed by atoms with E-state index in [1.165, 1.54) is 0 Å². The lowest BCUT2D eigenvalue weighted by Crippen LogP contribution is -2.30. The Hall–Kier alpha value is -1.75. The molecule has 2 N–H and O–H groups in total. The lowest BCUT2D eigenvalue weighted by atomic mass is 10.3. The van der Waals surface area contributed by atoms with Gasteiger partial charge in [-0.3, -0.25) is 4.79 Å². The molecule has 0 bridgehead atoms. The molecule has 0 aliphatic rings. The van der Waals surface area contributed by atoms with Gasteiger partial charge in [0.2, 0.25) is 5.91 Å². The number of unbranched alkanes of at least 4 members (excludes halogenated alkanes) is 1. The second-order valence-electron chi connectivity index (χ2n) is 4.60. The Labute approximate surface area is 127 Å². The molecular weight excluding hydrogens is 268 g/mol. The topological polar surface area (TPSA) is 59.6 Å². The number of carbonyl (C=O) groups is 1. The fraction of sp³-hybridized carbons (Fsp3) is 0.562. The molecule has 0 aliphatic heterocycles. The van der Waals surface area contributed by atoms with E-state index < -0.39 is 0 Å². The molecule has 1 aromatic carbocycles. The molecule has 1 rings (SSSR count). The molecule has 0 atom stereocenters. The van der Waals surface area contributed by atoms with E-state index in [9.17, 15) is 4.79 Å². The average molecular weight is 294 g/mol. The van der Waals surface area contributed by atoms with Gasteiger partial charge in [-0.1, -0.05) is 25.5 Å². The highest BCUT2D eigenvalue weighted by Crippen LogP contribution is 2.23. The maximum Gasteiger partial charge on any atom is 0.239 e. The van der Waals surface area contributed by atoms with Gasteiger partial charge in [0.15, 0.2) is 0 Å². The van der Waals surface area contributed by atoms with E-state index >= 15 is 0 Å². The normalized spacial score (nSPS) is 10.2. The summed E-state index contributed by atoms with van der Waals surface area (Å²) in [6, 6.07) is 7.59. The highest BCUT2D eigenvalue weighted by atomic mass is 16.5. The van der Waals surface area contributed by atoms with Crippen LogP contribution in [0.25, 0.3) is 0 Å². The van der Waals surface area contributed by atoms with Crippen LogP contribution in [0.3, 0.4) is 0 Å². The van der Waals surface area contributed by atoms with Crippen LogP contribution < -0.4 is 15.4 Å². The van der Waals surface area contributed by atoms with Crippen LogP contribution in [-0.4, -0.2) is 38.8 Å². The molecule has 0 aliphatic carbocycles. The van der Waals surface area contributed by atoms with Crippen molar-refractivity contribution in [1.29, 1.82) is 0 Å². The molecule has 0 fully saturated rings. The van der Waals surface area contributed by atoms with Crippen molar-refractivity contribution >= 4 is 11.6 Å². The molecule has 1 amide bonds.